The third-order valence-corrected chi connectivity index (χ3v) is 8.96. The first-order chi connectivity index (χ1) is 23.8. The van der Waals surface area contributed by atoms with E-state index in [4.69, 9.17) is 29.0 Å². The number of rotatable bonds is 13. The highest BCUT2D eigenvalue weighted by Crippen LogP contribution is 2.39. The van der Waals surface area contributed by atoms with Gasteiger partial charge in [0, 0.05) is 36.0 Å². The van der Waals surface area contributed by atoms with Gasteiger partial charge in [0.25, 0.3) is 0 Å². The number of hydrogen-bond acceptors (Lipinski definition) is 8. The van der Waals surface area contributed by atoms with Crippen LogP contribution in [0.5, 0.6) is 5.75 Å². The molecular formula is C41H52N4O5. The van der Waals surface area contributed by atoms with Gasteiger partial charge >= 0.3 is 5.97 Å². The summed E-state index contributed by atoms with van der Waals surface area (Å²) in [6.45, 7) is 25.5. The Morgan fingerprint density at radius 2 is 1.78 bits per heavy atom. The number of anilines is 1. The second-order valence-corrected chi connectivity index (χ2v) is 14.3. The Morgan fingerprint density at radius 1 is 1.06 bits per heavy atom. The van der Waals surface area contributed by atoms with Crippen LogP contribution >= 0.6 is 0 Å². The maximum absolute atomic E-state index is 13.6. The van der Waals surface area contributed by atoms with Crippen molar-refractivity contribution < 1.29 is 23.7 Å². The van der Waals surface area contributed by atoms with E-state index in [1.807, 2.05) is 57.3 Å². The highest BCUT2D eigenvalue weighted by atomic mass is 16.6. The van der Waals surface area contributed by atoms with Crippen molar-refractivity contribution in [1.82, 2.24) is 14.6 Å². The van der Waals surface area contributed by atoms with Crippen molar-refractivity contribution >= 4 is 17.4 Å². The third-order valence-electron chi connectivity index (χ3n) is 8.96. The summed E-state index contributed by atoms with van der Waals surface area (Å²) in [5.74, 6) is 1.12. The second-order valence-electron chi connectivity index (χ2n) is 14.3. The molecule has 0 spiro atoms. The Labute approximate surface area is 296 Å². The van der Waals surface area contributed by atoms with Gasteiger partial charge in [-0.25, -0.2) is 9.78 Å². The first kappa shape index (κ1) is 36.8. The molecule has 2 atom stereocenters. The molecule has 1 fully saturated rings. The monoisotopic (exact) mass is 680 g/mol. The molecule has 9 nitrogen and oxygen atoms in total. The quantitative estimate of drug-likeness (QED) is 0.103. The minimum absolute atomic E-state index is 0.138. The molecule has 266 valence electrons. The number of carbonyl (C=O) groups is 1. The molecule has 3 heterocycles. The van der Waals surface area contributed by atoms with Crippen LogP contribution in [0.3, 0.4) is 0 Å². The van der Waals surface area contributed by atoms with Gasteiger partial charge < -0.3 is 23.8 Å². The predicted octanol–water partition coefficient (Wildman–Crippen LogP) is 8.61. The Hall–Kier alpha value is -4.47. The molecule has 0 unspecified atom stereocenters. The Balaban J connectivity index is 1.65. The van der Waals surface area contributed by atoms with Crippen LogP contribution in [-0.2, 0) is 19.0 Å². The topological polar surface area (TPSA) is 87.4 Å². The van der Waals surface area contributed by atoms with E-state index in [0.717, 1.165) is 52.4 Å². The smallest absolute Gasteiger partial charge is 0.340 e. The number of esters is 1. The fourth-order valence-electron chi connectivity index (χ4n) is 6.32. The molecule has 0 N–H and O–H groups in total. The lowest BCUT2D eigenvalue weighted by Crippen LogP contribution is -2.45. The van der Waals surface area contributed by atoms with E-state index in [1.165, 1.54) is 0 Å². The van der Waals surface area contributed by atoms with Crippen molar-refractivity contribution in [1.29, 1.82) is 0 Å². The van der Waals surface area contributed by atoms with Gasteiger partial charge in [0.2, 0.25) is 0 Å². The van der Waals surface area contributed by atoms with Crippen molar-refractivity contribution in [2.75, 3.05) is 31.2 Å². The van der Waals surface area contributed by atoms with Crippen LogP contribution in [0.15, 0.2) is 73.8 Å². The van der Waals surface area contributed by atoms with Gasteiger partial charge in [0.1, 0.15) is 17.7 Å². The molecule has 0 amide bonds. The van der Waals surface area contributed by atoms with Gasteiger partial charge in [0.15, 0.2) is 11.8 Å². The Morgan fingerprint density at radius 3 is 2.44 bits per heavy atom. The van der Waals surface area contributed by atoms with Crippen LogP contribution in [0, 0.1) is 13.8 Å². The number of aryl methyl sites for hydroxylation is 2. The molecule has 0 radical (unpaired) electrons. The van der Waals surface area contributed by atoms with E-state index in [2.05, 4.69) is 62.2 Å². The van der Waals surface area contributed by atoms with E-state index in [0.29, 0.717) is 36.6 Å². The standard InChI is InChI=1S/C41H52N4O5/c1-11-23-48-41(10)19-21-44(22-20-41)38-36(37(39(46)47-13-3)50-40(7,8)9)29(6)42-35-26-33(43-45(35)38)31-16-14-15-30(25-31)32-18-17-27(4)24-34(32)49-28(5)12-2/h11-12,14-18,24-26,28,37H,1-2,13,19-23H2,3-10H3/t28-,37-/m0/s1. The number of aromatic nitrogens is 3. The molecule has 1 saturated heterocycles. The summed E-state index contributed by atoms with van der Waals surface area (Å²) in [6.07, 6.45) is 4.01. The molecule has 50 heavy (non-hydrogen) atoms. The highest BCUT2D eigenvalue weighted by Gasteiger charge is 2.38. The average Bonchev–Trinajstić information content (AvgIpc) is 3.50. The zero-order chi connectivity index (χ0) is 36.2. The van der Waals surface area contributed by atoms with Gasteiger partial charge in [-0.1, -0.05) is 49.1 Å². The number of carbonyl (C=O) groups excluding carboxylic acids is 1. The first-order valence-corrected chi connectivity index (χ1v) is 17.5. The molecule has 0 saturated carbocycles. The van der Waals surface area contributed by atoms with Gasteiger partial charge in [-0.05, 0) is 91.5 Å². The SMILES string of the molecule is C=CCOC1(C)CCN(c2c([C@H](OC(C)(C)C)C(=O)OCC)c(C)nc3cc(-c4cccc(-c5ccc(C)cc5O[C@@H](C)C=C)c4)nn23)CC1. The van der Waals surface area contributed by atoms with Gasteiger partial charge in [-0.2, -0.15) is 9.61 Å². The highest BCUT2D eigenvalue weighted by molar-refractivity contribution is 5.81. The maximum atomic E-state index is 13.6. The van der Waals surface area contributed by atoms with Crippen LogP contribution < -0.4 is 9.64 Å². The van der Waals surface area contributed by atoms with Crippen LogP contribution in [-0.4, -0.2) is 64.2 Å². The summed E-state index contributed by atoms with van der Waals surface area (Å²) >= 11 is 0. The molecule has 5 rings (SSSR count). The predicted molar refractivity (Wildman–Crippen MR) is 200 cm³/mol. The number of hydrogen-bond donors (Lipinski definition) is 0. The van der Waals surface area contributed by atoms with Gasteiger partial charge in [0.05, 0.1) is 35.7 Å². The van der Waals surface area contributed by atoms with Crippen molar-refractivity contribution in [2.24, 2.45) is 0 Å². The van der Waals surface area contributed by atoms with E-state index in [-0.39, 0.29) is 18.3 Å². The summed E-state index contributed by atoms with van der Waals surface area (Å²) in [5, 5.41) is 5.18. The largest absolute Gasteiger partial charge is 0.486 e. The molecule has 0 aliphatic carbocycles. The lowest BCUT2D eigenvalue weighted by Gasteiger charge is -2.41. The van der Waals surface area contributed by atoms with E-state index >= 15 is 0 Å². The summed E-state index contributed by atoms with van der Waals surface area (Å²) in [6, 6.07) is 16.5. The van der Waals surface area contributed by atoms with Crippen molar-refractivity contribution in [2.45, 2.75) is 91.6 Å². The molecule has 2 aromatic heterocycles. The van der Waals surface area contributed by atoms with Crippen molar-refractivity contribution in [3.05, 3.63) is 90.7 Å². The lowest BCUT2D eigenvalue weighted by molar-refractivity contribution is -0.166. The zero-order valence-electron chi connectivity index (χ0n) is 30.9. The fourth-order valence-corrected chi connectivity index (χ4v) is 6.32. The summed E-state index contributed by atoms with van der Waals surface area (Å²) in [5.41, 5.74) is 5.89. The molecular weight excluding hydrogens is 628 g/mol. The molecule has 1 aliphatic heterocycles. The van der Waals surface area contributed by atoms with Crippen LogP contribution in [0.2, 0.25) is 0 Å². The average molecular weight is 681 g/mol. The Kier molecular flexibility index (Phi) is 11.2. The molecule has 2 aromatic carbocycles. The fraction of sp³-hybridized carbons (Fsp3) is 0.439. The number of ether oxygens (including phenoxy) is 4. The van der Waals surface area contributed by atoms with Gasteiger partial charge in [-0.3, -0.25) is 0 Å². The normalized spacial score (nSPS) is 15.8. The van der Waals surface area contributed by atoms with Crippen molar-refractivity contribution in [3.63, 3.8) is 0 Å². The Bertz CT molecular complexity index is 1850. The van der Waals surface area contributed by atoms with Gasteiger partial charge in [-0.15, -0.1) is 6.58 Å². The van der Waals surface area contributed by atoms with E-state index in [9.17, 15) is 4.79 Å². The van der Waals surface area contributed by atoms with Crippen molar-refractivity contribution in [3.8, 4) is 28.1 Å². The number of benzene rings is 2. The number of piperidine rings is 1. The molecule has 9 heteroatoms. The molecule has 0 bridgehead atoms. The van der Waals surface area contributed by atoms with E-state index < -0.39 is 17.7 Å². The van der Waals surface area contributed by atoms with E-state index in [1.54, 1.807) is 19.1 Å². The molecule has 1 aliphatic rings. The summed E-state index contributed by atoms with van der Waals surface area (Å²) in [4.78, 5) is 20.9. The van der Waals surface area contributed by atoms with Crippen LogP contribution in [0.4, 0.5) is 5.82 Å². The summed E-state index contributed by atoms with van der Waals surface area (Å²) in [7, 11) is 0. The first-order valence-electron chi connectivity index (χ1n) is 17.5. The summed E-state index contributed by atoms with van der Waals surface area (Å²) < 4.78 is 26.4. The minimum atomic E-state index is -0.999. The third kappa shape index (κ3) is 8.28. The number of nitrogens with zero attached hydrogens (tertiary/aromatic N) is 4. The minimum Gasteiger partial charge on any atom is -0.486 e. The maximum Gasteiger partial charge on any atom is 0.340 e. The van der Waals surface area contributed by atoms with Crippen LogP contribution in [0.1, 0.15) is 77.3 Å². The number of fused-ring (bicyclic) bond motifs is 1. The second kappa shape index (κ2) is 15.2. The van der Waals surface area contributed by atoms with Crippen LogP contribution in [0.25, 0.3) is 28.0 Å². The zero-order valence-corrected chi connectivity index (χ0v) is 30.9. The molecule has 4 aromatic rings. The lowest BCUT2D eigenvalue weighted by atomic mass is 9.92.